The maximum atomic E-state index is 12.4. The van der Waals surface area contributed by atoms with Crippen LogP contribution in [0, 0.1) is 0 Å². The van der Waals surface area contributed by atoms with Gasteiger partial charge in [0.25, 0.3) is 0 Å². The highest BCUT2D eigenvalue weighted by atomic mass is 32.2. The molecule has 0 radical (unpaired) electrons. The molecule has 0 aliphatic carbocycles. The van der Waals surface area contributed by atoms with Gasteiger partial charge in [0.2, 0.25) is 15.9 Å². The Balaban J connectivity index is 1.60. The number of methoxy groups -OCH3 is 1. The van der Waals surface area contributed by atoms with Crippen LogP contribution in [0.15, 0.2) is 78.9 Å². The van der Waals surface area contributed by atoms with Crippen LogP contribution in [0.3, 0.4) is 0 Å². The summed E-state index contributed by atoms with van der Waals surface area (Å²) in [7, 11) is -2.08. The zero-order chi connectivity index (χ0) is 23.0. The zero-order valence-corrected chi connectivity index (χ0v) is 18.8. The van der Waals surface area contributed by atoms with Gasteiger partial charge in [-0.2, -0.15) is 0 Å². The van der Waals surface area contributed by atoms with E-state index in [0.717, 1.165) is 27.4 Å². The zero-order valence-electron chi connectivity index (χ0n) is 18.0. The Kier molecular flexibility index (Phi) is 7.72. The molecule has 0 fully saturated rings. The van der Waals surface area contributed by atoms with Gasteiger partial charge in [-0.15, -0.1) is 0 Å². The van der Waals surface area contributed by atoms with Gasteiger partial charge < -0.3 is 14.8 Å². The van der Waals surface area contributed by atoms with Gasteiger partial charge in [-0.3, -0.25) is 9.10 Å². The van der Waals surface area contributed by atoms with E-state index in [-0.39, 0.29) is 13.1 Å². The van der Waals surface area contributed by atoms with Gasteiger partial charge in [-0.1, -0.05) is 42.5 Å². The fraction of sp³-hybridized carbons (Fsp3) is 0.208. The number of rotatable bonds is 10. The molecule has 32 heavy (non-hydrogen) atoms. The summed E-state index contributed by atoms with van der Waals surface area (Å²) in [6, 6.07) is 23.6. The lowest BCUT2D eigenvalue weighted by molar-refractivity contribution is -0.119. The molecule has 0 unspecified atom stereocenters. The average Bonchev–Trinajstić information content (AvgIpc) is 2.80. The minimum absolute atomic E-state index is 0.284. The number of sulfonamides is 1. The van der Waals surface area contributed by atoms with Gasteiger partial charge >= 0.3 is 0 Å². The monoisotopic (exact) mass is 454 g/mol. The smallest absolute Gasteiger partial charge is 0.241 e. The molecule has 0 saturated heterocycles. The molecule has 0 aromatic heterocycles. The number of hydrogen-bond acceptors (Lipinski definition) is 5. The molecule has 0 spiro atoms. The summed E-state index contributed by atoms with van der Waals surface area (Å²) in [5, 5.41) is 2.75. The number of hydrogen-bond donors (Lipinski definition) is 1. The summed E-state index contributed by atoms with van der Waals surface area (Å²) in [5.74, 6) is 0.921. The highest BCUT2D eigenvalue weighted by molar-refractivity contribution is 7.92. The van der Waals surface area contributed by atoms with Crippen molar-refractivity contribution >= 4 is 21.6 Å². The second-order valence-corrected chi connectivity index (χ2v) is 9.07. The Morgan fingerprint density at radius 1 is 0.875 bits per heavy atom. The molecular formula is C24H26N2O5S. The fourth-order valence-electron chi connectivity index (χ4n) is 2.98. The Labute approximate surface area is 188 Å². The topological polar surface area (TPSA) is 84.9 Å². The Morgan fingerprint density at radius 3 is 2.09 bits per heavy atom. The van der Waals surface area contributed by atoms with Crippen LogP contribution < -0.4 is 19.1 Å². The summed E-state index contributed by atoms with van der Waals surface area (Å²) < 4.78 is 36.5. The van der Waals surface area contributed by atoms with E-state index in [9.17, 15) is 13.2 Å². The molecule has 3 aromatic carbocycles. The lowest BCUT2D eigenvalue weighted by Gasteiger charge is -2.22. The largest absolute Gasteiger partial charge is 0.497 e. The molecule has 3 aromatic rings. The third kappa shape index (κ3) is 6.75. The van der Waals surface area contributed by atoms with Crippen molar-refractivity contribution in [2.24, 2.45) is 0 Å². The Bertz CT molecular complexity index is 1120. The maximum Gasteiger partial charge on any atom is 0.241 e. The number of benzene rings is 3. The molecule has 168 valence electrons. The van der Waals surface area contributed by atoms with Crippen LogP contribution in [0.25, 0.3) is 0 Å². The van der Waals surface area contributed by atoms with Crippen LogP contribution >= 0.6 is 0 Å². The van der Waals surface area contributed by atoms with E-state index >= 15 is 0 Å². The molecule has 7 nitrogen and oxygen atoms in total. The number of anilines is 1. The molecule has 0 heterocycles. The highest BCUT2D eigenvalue weighted by Gasteiger charge is 2.20. The summed E-state index contributed by atoms with van der Waals surface area (Å²) >= 11 is 0. The van der Waals surface area contributed by atoms with Crippen molar-refractivity contribution in [2.45, 2.75) is 13.2 Å². The summed E-state index contributed by atoms with van der Waals surface area (Å²) in [6.45, 7) is 0.371. The van der Waals surface area contributed by atoms with E-state index < -0.39 is 15.9 Å². The molecule has 3 rings (SSSR count). The number of ether oxygens (including phenoxy) is 2. The normalized spacial score (nSPS) is 10.9. The lowest BCUT2D eigenvalue weighted by Crippen LogP contribution is -2.40. The first-order chi connectivity index (χ1) is 15.3. The number of amides is 1. The molecule has 0 aliphatic heterocycles. The van der Waals surface area contributed by atoms with Crippen LogP contribution in [0.5, 0.6) is 11.5 Å². The van der Waals surface area contributed by atoms with Crippen molar-refractivity contribution in [3.63, 3.8) is 0 Å². The van der Waals surface area contributed by atoms with E-state index in [1.807, 2.05) is 42.5 Å². The van der Waals surface area contributed by atoms with Gasteiger partial charge in [0.1, 0.15) is 24.7 Å². The second-order valence-electron chi connectivity index (χ2n) is 7.16. The lowest BCUT2D eigenvalue weighted by atomic mass is 10.2. The van der Waals surface area contributed by atoms with Crippen molar-refractivity contribution < 1.29 is 22.7 Å². The van der Waals surface area contributed by atoms with Gasteiger partial charge in [-0.25, -0.2) is 8.42 Å². The molecule has 0 bridgehead atoms. The number of nitrogens with one attached hydrogen (secondary N) is 1. The predicted octanol–water partition coefficient (Wildman–Crippen LogP) is 3.36. The van der Waals surface area contributed by atoms with E-state index in [1.54, 1.807) is 43.5 Å². The van der Waals surface area contributed by atoms with Crippen LogP contribution in [0.1, 0.15) is 11.1 Å². The number of nitrogens with zero attached hydrogens (tertiary/aromatic N) is 1. The Morgan fingerprint density at radius 2 is 1.50 bits per heavy atom. The minimum Gasteiger partial charge on any atom is -0.497 e. The van der Waals surface area contributed by atoms with Crippen molar-refractivity contribution in [2.75, 3.05) is 24.2 Å². The van der Waals surface area contributed by atoms with E-state index in [0.29, 0.717) is 18.0 Å². The van der Waals surface area contributed by atoms with Crippen molar-refractivity contribution in [1.82, 2.24) is 5.32 Å². The minimum atomic E-state index is -3.66. The summed E-state index contributed by atoms with van der Waals surface area (Å²) in [5.41, 5.74) is 2.30. The maximum absolute atomic E-state index is 12.4. The first-order valence-electron chi connectivity index (χ1n) is 9.99. The van der Waals surface area contributed by atoms with Crippen LogP contribution in [0.2, 0.25) is 0 Å². The molecule has 1 amide bonds. The SMILES string of the molecule is COc1ccc(CNC(=O)CN(c2ccc(OCc3ccccc3)cc2)S(C)(=O)=O)cc1. The van der Waals surface area contributed by atoms with E-state index in [4.69, 9.17) is 9.47 Å². The number of carbonyl (C=O) groups is 1. The van der Waals surface area contributed by atoms with Gasteiger partial charge in [-0.05, 0) is 47.5 Å². The summed E-state index contributed by atoms with van der Waals surface area (Å²) in [6.07, 6.45) is 1.07. The first-order valence-corrected chi connectivity index (χ1v) is 11.8. The fourth-order valence-corrected chi connectivity index (χ4v) is 3.84. The molecular weight excluding hydrogens is 428 g/mol. The Hall–Kier alpha value is -3.52. The van der Waals surface area contributed by atoms with Crippen molar-refractivity contribution in [3.05, 3.63) is 90.0 Å². The van der Waals surface area contributed by atoms with E-state index in [2.05, 4.69) is 5.32 Å². The van der Waals surface area contributed by atoms with Crippen molar-refractivity contribution in [3.8, 4) is 11.5 Å². The summed E-state index contributed by atoms with van der Waals surface area (Å²) in [4.78, 5) is 12.4. The van der Waals surface area contributed by atoms with Gasteiger partial charge in [0, 0.05) is 6.54 Å². The third-order valence-corrected chi connectivity index (χ3v) is 5.85. The van der Waals surface area contributed by atoms with Crippen LogP contribution in [-0.4, -0.2) is 34.2 Å². The highest BCUT2D eigenvalue weighted by Crippen LogP contribution is 2.22. The predicted molar refractivity (Wildman–Crippen MR) is 124 cm³/mol. The van der Waals surface area contributed by atoms with Crippen molar-refractivity contribution in [1.29, 1.82) is 0 Å². The molecule has 8 heteroatoms. The first kappa shape index (κ1) is 23.1. The average molecular weight is 455 g/mol. The van der Waals surface area contributed by atoms with Crippen LogP contribution in [0.4, 0.5) is 5.69 Å². The molecule has 0 saturated carbocycles. The van der Waals surface area contributed by atoms with Gasteiger partial charge in [0.05, 0.1) is 19.1 Å². The molecule has 0 atom stereocenters. The second kappa shape index (κ2) is 10.7. The van der Waals surface area contributed by atoms with E-state index in [1.165, 1.54) is 0 Å². The molecule has 0 aliphatic rings. The van der Waals surface area contributed by atoms with Gasteiger partial charge in [0.15, 0.2) is 0 Å². The standard InChI is InChI=1S/C24H26N2O5S/c1-30-22-12-8-19(9-13-22)16-25-24(27)17-26(32(2,28)29)21-10-14-23(15-11-21)31-18-20-6-4-3-5-7-20/h3-15H,16-18H2,1-2H3,(H,25,27). The quantitative estimate of drug-likeness (QED) is 0.508. The number of carbonyl (C=O) groups excluding carboxylic acids is 1. The third-order valence-electron chi connectivity index (χ3n) is 4.71. The molecule has 1 N–H and O–H groups in total. The van der Waals surface area contributed by atoms with Crippen LogP contribution in [-0.2, 0) is 28.0 Å².